The third-order valence-corrected chi connectivity index (χ3v) is 2.81. The maximum absolute atomic E-state index is 9.63. The largest absolute Gasteiger partial charge is 0.399 e. The predicted octanol–water partition coefficient (Wildman–Crippen LogP) is 1.09. The molecule has 0 amide bonds. The first-order chi connectivity index (χ1) is 6.66. The number of nitrogens with zero attached hydrogens (tertiary/aromatic N) is 1. The van der Waals surface area contributed by atoms with Crippen molar-refractivity contribution in [1.29, 1.82) is 0 Å². The zero-order chi connectivity index (χ0) is 10.1. The third kappa shape index (κ3) is 1.68. The fraction of sp³-hybridized carbons (Fsp3) is 0.455. The number of aliphatic hydroxyl groups is 1. The number of β-amino-alcohol motifs (C(OH)–C–C–N with tert-alkyl or cyclic N) is 1. The van der Waals surface area contributed by atoms with E-state index in [1.54, 1.807) is 0 Å². The Morgan fingerprint density at radius 2 is 2.21 bits per heavy atom. The van der Waals surface area contributed by atoms with Gasteiger partial charge >= 0.3 is 0 Å². The molecule has 1 aromatic rings. The molecule has 0 radical (unpaired) electrons. The zero-order valence-electron chi connectivity index (χ0n) is 8.35. The summed E-state index contributed by atoms with van der Waals surface area (Å²) in [6.45, 7) is 3.69. The van der Waals surface area contributed by atoms with Crippen molar-refractivity contribution in [3.8, 4) is 0 Å². The van der Waals surface area contributed by atoms with Crippen LogP contribution in [0.4, 0.5) is 11.4 Å². The molecule has 1 heterocycles. The molecule has 14 heavy (non-hydrogen) atoms. The average molecular weight is 192 g/mol. The number of benzene rings is 1. The van der Waals surface area contributed by atoms with Crippen LogP contribution in [0, 0.1) is 5.92 Å². The fourth-order valence-electron chi connectivity index (χ4n) is 1.88. The van der Waals surface area contributed by atoms with Gasteiger partial charge in [-0.15, -0.1) is 0 Å². The maximum Gasteiger partial charge on any atom is 0.0757 e. The zero-order valence-corrected chi connectivity index (χ0v) is 8.35. The molecule has 1 aliphatic rings. The summed E-state index contributed by atoms with van der Waals surface area (Å²) >= 11 is 0. The van der Waals surface area contributed by atoms with Crippen LogP contribution in [0.5, 0.6) is 0 Å². The summed E-state index contributed by atoms with van der Waals surface area (Å²) in [6.07, 6.45) is -0.212. The lowest BCUT2D eigenvalue weighted by Gasteiger charge is -2.18. The fourth-order valence-corrected chi connectivity index (χ4v) is 1.88. The number of anilines is 2. The van der Waals surface area contributed by atoms with Crippen LogP contribution in [-0.4, -0.2) is 24.3 Å². The first kappa shape index (κ1) is 9.34. The quantitative estimate of drug-likeness (QED) is 0.655. The van der Waals surface area contributed by atoms with Gasteiger partial charge in [0.15, 0.2) is 0 Å². The summed E-state index contributed by atoms with van der Waals surface area (Å²) in [6, 6.07) is 7.80. The Kier molecular flexibility index (Phi) is 2.33. The maximum atomic E-state index is 9.63. The number of hydrogen-bond donors (Lipinski definition) is 2. The Hall–Kier alpha value is -1.22. The molecule has 1 fully saturated rings. The number of nitrogens with two attached hydrogens (primary N) is 1. The van der Waals surface area contributed by atoms with Gasteiger partial charge in [0.05, 0.1) is 6.10 Å². The van der Waals surface area contributed by atoms with Crippen LogP contribution < -0.4 is 10.6 Å². The van der Waals surface area contributed by atoms with Crippen molar-refractivity contribution in [2.75, 3.05) is 23.7 Å². The molecular weight excluding hydrogens is 176 g/mol. The molecule has 1 aliphatic heterocycles. The summed E-state index contributed by atoms with van der Waals surface area (Å²) in [7, 11) is 0. The van der Waals surface area contributed by atoms with Crippen LogP contribution in [0.2, 0.25) is 0 Å². The highest BCUT2D eigenvalue weighted by atomic mass is 16.3. The smallest absolute Gasteiger partial charge is 0.0757 e. The van der Waals surface area contributed by atoms with Crippen LogP contribution in [-0.2, 0) is 0 Å². The van der Waals surface area contributed by atoms with Crippen molar-refractivity contribution in [3.05, 3.63) is 24.3 Å². The van der Waals surface area contributed by atoms with Crippen LogP contribution in [0.15, 0.2) is 24.3 Å². The summed E-state index contributed by atoms with van der Waals surface area (Å²) in [5, 5.41) is 9.63. The van der Waals surface area contributed by atoms with Crippen molar-refractivity contribution >= 4 is 11.4 Å². The molecule has 0 saturated carbocycles. The second kappa shape index (κ2) is 3.50. The van der Waals surface area contributed by atoms with Gasteiger partial charge in [0.25, 0.3) is 0 Å². The lowest BCUT2D eigenvalue weighted by Crippen LogP contribution is -2.21. The molecule has 76 valence electrons. The highest BCUT2D eigenvalue weighted by molar-refractivity contribution is 5.56. The summed E-state index contributed by atoms with van der Waals surface area (Å²) < 4.78 is 0. The highest BCUT2D eigenvalue weighted by Gasteiger charge is 2.27. The van der Waals surface area contributed by atoms with Gasteiger partial charge in [0.2, 0.25) is 0 Å². The first-order valence-corrected chi connectivity index (χ1v) is 4.95. The van der Waals surface area contributed by atoms with Gasteiger partial charge in [-0.1, -0.05) is 13.0 Å². The van der Waals surface area contributed by atoms with E-state index in [1.165, 1.54) is 0 Å². The van der Waals surface area contributed by atoms with Gasteiger partial charge in [-0.2, -0.15) is 0 Å². The minimum absolute atomic E-state index is 0.212. The van der Waals surface area contributed by atoms with Crippen LogP contribution in [0.1, 0.15) is 6.92 Å². The van der Waals surface area contributed by atoms with Crippen molar-refractivity contribution in [2.24, 2.45) is 5.92 Å². The Morgan fingerprint density at radius 1 is 1.43 bits per heavy atom. The van der Waals surface area contributed by atoms with E-state index in [-0.39, 0.29) is 6.10 Å². The molecule has 2 atom stereocenters. The highest BCUT2D eigenvalue weighted by Crippen LogP contribution is 2.24. The normalized spacial score (nSPS) is 26.9. The molecule has 3 N–H and O–H groups in total. The van der Waals surface area contributed by atoms with E-state index in [9.17, 15) is 5.11 Å². The van der Waals surface area contributed by atoms with E-state index in [2.05, 4.69) is 11.8 Å². The molecule has 1 aromatic carbocycles. The molecular formula is C11H16N2O. The molecule has 0 aromatic heterocycles. The second-order valence-electron chi connectivity index (χ2n) is 4.04. The van der Waals surface area contributed by atoms with Crippen LogP contribution in [0.25, 0.3) is 0 Å². The van der Waals surface area contributed by atoms with E-state index in [0.29, 0.717) is 12.5 Å². The number of aliphatic hydroxyl groups excluding tert-OH is 1. The van der Waals surface area contributed by atoms with Crippen molar-refractivity contribution in [2.45, 2.75) is 13.0 Å². The summed E-state index contributed by atoms with van der Waals surface area (Å²) in [5.74, 6) is 0.344. The Labute approximate surface area is 84.1 Å². The first-order valence-electron chi connectivity index (χ1n) is 4.95. The van der Waals surface area contributed by atoms with Gasteiger partial charge in [0.1, 0.15) is 0 Å². The molecule has 0 aliphatic carbocycles. The number of hydrogen-bond acceptors (Lipinski definition) is 3. The molecule has 2 rings (SSSR count). The molecule has 2 unspecified atom stereocenters. The summed E-state index contributed by atoms with van der Waals surface area (Å²) in [5.41, 5.74) is 7.59. The van der Waals surface area contributed by atoms with Crippen LogP contribution >= 0.6 is 0 Å². The minimum Gasteiger partial charge on any atom is -0.399 e. The van der Waals surface area contributed by atoms with Crippen molar-refractivity contribution in [1.82, 2.24) is 0 Å². The van der Waals surface area contributed by atoms with Crippen LogP contribution in [0.3, 0.4) is 0 Å². The monoisotopic (exact) mass is 192 g/mol. The van der Waals surface area contributed by atoms with Gasteiger partial charge in [0, 0.05) is 30.4 Å². The predicted molar refractivity (Wildman–Crippen MR) is 58.2 cm³/mol. The van der Waals surface area contributed by atoms with E-state index < -0.39 is 0 Å². The minimum atomic E-state index is -0.212. The molecule has 3 nitrogen and oxygen atoms in total. The standard InChI is InChI=1S/C11H16N2O/c1-8-6-13(7-11(8)14)10-4-2-3-9(12)5-10/h2-5,8,11,14H,6-7,12H2,1H3. The summed E-state index contributed by atoms with van der Waals surface area (Å²) in [4.78, 5) is 2.17. The average Bonchev–Trinajstić information content (AvgIpc) is 2.47. The van der Waals surface area contributed by atoms with Gasteiger partial charge < -0.3 is 15.7 Å². The van der Waals surface area contributed by atoms with Gasteiger partial charge in [-0.25, -0.2) is 0 Å². The topological polar surface area (TPSA) is 49.5 Å². The number of nitrogen functional groups attached to an aromatic ring is 1. The second-order valence-corrected chi connectivity index (χ2v) is 4.04. The van der Waals surface area contributed by atoms with Gasteiger partial charge in [-0.3, -0.25) is 0 Å². The van der Waals surface area contributed by atoms with E-state index in [0.717, 1.165) is 17.9 Å². The Bertz CT molecular complexity index is 317. The van der Waals surface area contributed by atoms with E-state index >= 15 is 0 Å². The van der Waals surface area contributed by atoms with E-state index in [4.69, 9.17) is 5.73 Å². The van der Waals surface area contributed by atoms with Crippen molar-refractivity contribution in [3.63, 3.8) is 0 Å². The SMILES string of the molecule is CC1CN(c2cccc(N)c2)CC1O. The van der Waals surface area contributed by atoms with E-state index in [1.807, 2.05) is 24.3 Å². The molecule has 0 spiro atoms. The Morgan fingerprint density at radius 3 is 2.79 bits per heavy atom. The lowest BCUT2D eigenvalue weighted by molar-refractivity contribution is 0.157. The number of rotatable bonds is 1. The Balaban J connectivity index is 2.17. The third-order valence-electron chi connectivity index (χ3n) is 2.81. The van der Waals surface area contributed by atoms with Crippen molar-refractivity contribution < 1.29 is 5.11 Å². The molecule has 0 bridgehead atoms. The molecule has 1 saturated heterocycles. The lowest BCUT2D eigenvalue weighted by atomic mass is 10.1. The van der Waals surface area contributed by atoms with Gasteiger partial charge in [-0.05, 0) is 18.2 Å². The molecule has 3 heteroatoms.